The van der Waals surface area contributed by atoms with E-state index in [-0.39, 0.29) is 5.56 Å². The van der Waals surface area contributed by atoms with E-state index in [0.717, 1.165) is 16.8 Å². The Labute approximate surface area is 103 Å². The zero-order chi connectivity index (χ0) is 11.8. The van der Waals surface area contributed by atoms with Crippen molar-refractivity contribution in [1.29, 1.82) is 0 Å². The van der Waals surface area contributed by atoms with Crippen LogP contribution in [0.1, 0.15) is 11.3 Å². The molecule has 0 saturated heterocycles. The summed E-state index contributed by atoms with van der Waals surface area (Å²) >= 11 is 5.82. The number of fused-ring (bicyclic) bond motifs is 1. The lowest BCUT2D eigenvalue weighted by molar-refractivity contribution is 0.757. The summed E-state index contributed by atoms with van der Waals surface area (Å²) in [5.41, 5.74) is 2.37. The Balaban J connectivity index is 2.13. The molecule has 0 spiro atoms. The first-order chi connectivity index (χ1) is 8.24. The standard InChI is InChI=1S/C12H10ClN3O/c13-8-3-1-7(2-4-8)11-15-10-6-14-5-9(10)12(17)16-11/h1-4,14H,5-6H2,(H,15,16,17). The minimum absolute atomic E-state index is 0.0649. The average molecular weight is 248 g/mol. The van der Waals surface area contributed by atoms with Gasteiger partial charge in [0.2, 0.25) is 0 Å². The smallest absolute Gasteiger partial charge is 0.255 e. The molecule has 0 bridgehead atoms. The summed E-state index contributed by atoms with van der Waals surface area (Å²) in [5.74, 6) is 0.592. The van der Waals surface area contributed by atoms with Crippen LogP contribution >= 0.6 is 11.6 Å². The van der Waals surface area contributed by atoms with E-state index in [1.54, 1.807) is 12.1 Å². The van der Waals surface area contributed by atoms with Gasteiger partial charge < -0.3 is 10.3 Å². The lowest BCUT2D eigenvalue weighted by atomic mass is 10.2. The minimum Gasteiger partial charge on any atom is -0.307 e. The fraction of sp³-hybridized carbons (Fsp3) is 0.167. The molecule has 0 radical (unpaired) electrons. The number of nitrogens with one attached hydrogen (secondary N) is 2. The number of H-pyrrole nitrogens is 1. The van der Waals surface area contributed by atoms with Crippen LogP contribution in [0.4, 0.5) is 0 Å². The van der Waals surface area contributed by atoms with Gasteiger partial charge in [0, 0.05) is 23.7 Å². The van der Waals surface area contributed by atoms with Crippen molar-refractivity contribution in [1.82, 2.24) is 15.3 Å². The summed E-state index contributed by atoms with van der Waals surface area (Å²) in [4.78, 5) is 19.1. The van der Waals surface area contributed by atoms with E-state index in [4.69, 9.17) is 11.6 Å². The number of hydrogen-bond donors (Lipinski definition) is 2. The molecule has 4 nitrogen and oxygen atoms in total. The zero-order valence-electron chi connectivity index (χ0n) is 8.96. The highest BCUT2D eigenvalue weighted by Crippen LogP contribution is 2.18. The second kappa shape index (κ2) is 3.98. The molecule has 2 aromatic rings. The predicted molar refractivity (Wildman–Crippen MR) is 65.8 cm³/mol. The molecule has 86 valence electrons. The van der Waals surface area contributed by atoms with Gasteiger partial charge in [-0.05, 0) is 24.3 Å². The van der Waals surface area contributed by atoms with Gasteiger partial charge in [0.25, 0.3) is 5.56 Å². The Morgan fingerprint density at radius 1 is 1.18 bits per heavy atom. The van der Waals surface area contributed by atoms with Gasteiger partial charge in [-0.15, -0.1) is 0 Å². The van der Waals surface area contributed by atoms with Crippen molar-refractivity contribution in [3.63, 3.8) is 0 Å². The van der Waals surface area contributed by atoms with Crippen LogP contribution in [0, 0.1) is 0 Å². The van der Waals surface area contributed by atoms with E-state index in [0.29, 0.717) is 23.9 Å². The Morgan fingerprint density at radius 3 is 2.71 bits per heavy atom. The van der Waals surface area contributed by atoms with Crippen LogP contribution in [-0.4, -0.2) is 9.97 Å². The first-order valence-electron chi connectivity index (χ1n) is 5.33. The molecular weight excluding hydrogens is 238 g/mol. The third-order valence-electron chi connectivity index (χ3n) is 2.81. The molecule has 3 rings (SSSR count). The van der Waals surface area contributed by atoms with Crippen LogP contribution in [0.3, 0.4) is 0 Å². The lowest BCUT2D eigenvalue weighted by Gasteiger charge is -2.03. The Bertz CT molecular complexity index is 619. The largest absolute Gasteiger partial charge is 0.307 e. The molecule has 2 N–H and O–H groups in total. The lowest BCUT2D eigenvalue weighted by Crippen LogP contribution is -2.15. The van der Waals surface area contributed by atoms with Gasteiger partial charge in [-0.2, -0.15) is 0 Å². The van der Waals surface area contributed by atoms with Crippen LogP contribution in [-0.2, 0) is 13.1 Å². The molecule has 0 saturated carbocycles. The number of nitrogens with zero attached hydrogens (tertiary/aromatic N) is 1. The number of benzene rings is 1. The molecule has 0 amide bonds. The molecule has 1 aromatic carbocycles. The van der Waals surface area contributed by atoms with Crippen LogP contribution in [0.15, 0.2) is 29.1 Å². The van der Waals surface area contributed by atoms with Gasteiger partial charge in [0.15, 0.2) is 0 Å². The molecule has 1 aliphatic rings. The van der Waals surface area contributed by atoms with Gasteiger partial charge >= 0.3 is 0 Å². The maximum absolute atomic E-state index is 11.8. The summed E-state index contributed by atoms with van der Waals surface area (Å²) < 4.78 is 0. The number of hydrogen-bond acceptors (Lipinski definition) is 3. The van der Waals surface area contributed by atoms with E-state index < -0.39 is 0 Å². The highest BCUT2D eigenvalue weighted by Gasteiger charge is 2.16. The molecule has 0 fully saturated rings. The number of rotatable bonds is 1. The zero-order valence-corrected chi connectivity index (χ0v) is 9.71. The van der Waals surface area contributed by atoms with Crippen LogP contribution in [0.5, 0.6) is 0 Å². The van der Waals surface area contributed by atoms with E-state index >= 15 is 0 Å². The summed E-state index contributed by atoms with van der Waals surface area (Å²) in [5, 5.41) is 3.78. The Morgan fingerprint density at radius 2 is 1.94 bits per heavy atom. The van der Waals surface area contributed by atoms with Gasteiger partial charge in [0.1, 0.15) is 5.82 Å². The second-order valence-corrected chi connectivity index (χ2v) is 4.39. The Hall–Kier alpha value is -1.65. The van der Waals surface area contributed by atoms with Crippen molar-refractivity contribution in [3.8, 4) is 11.4 Å². The summed E-state index contributed by atoms with van der Waals surface area (Å²) in [6, 6.07) is 7.25. The van der Waals surface area contributed by atoms with E-state index in [1.807, 2.05) is 12.1 Å². The van der Waals surface area contributed by atoms with E-state index in [9.17, 15) is 4.79 Å². The maximum Gasteiger partial charge on any atom is 0.255 e. The summed E-state index contributed by atoms with van der Waals surface area (Å²) in [7, 11) is 0. The van der Waals surface area contributed by atoms with Crippen LogP contribution in [0.2, 0.25) is 5.02 Å². The van der Waals surface area contributed by atoms with Crippen molar-refractivity contribution >= 4 is 11.6 Å². The fourth-order valence-corrected chi connectivity index (χ4v) is 2.05. The van der Waals surface area contributed by atoms with Crippen molar-refractivity contribution in [2.75, 3.05) is 0 Å². The third kappa shape index (κ3) is 1.85. The molecule has 0 aliphatic carbocycles. The normalized spacial score (nSPS) is 13.7. The van der Waals surface area contributed by atoms with Crippen molar-refractivity contribution in [2.24, 2.45) is 0 Å². The third-order valence-corrected chi connectivity index (χ3v) is 3.06. The fourth-order valence-electron chi connectivity index (χ4n) is 1.92. The molecule has 1 aliphatic heterocycles. The summed E-state index contributed by atoms with van der Waals surface area (Å²) in [6.07, 6.45) is 0. The predicted octanol–water partition coefficient (Wildman–Crippen LogP) is 1.69. The molecule has 0 unspecified atom stereocenters. The average Bonchev–Trinajstić information content (AvgIpc) is 2.78. The second-order valence-electron chi connectivity index (χ2n) is 3.95. The topological polar surface area (TPSA) is 57.8 Å². The van der Waals surface area contributed by atoms with Gasteiger partial charge in [-0.3, -0.25) is 4.79 Å². The van der Waals surface area contributed by atoms with Crippen LogP contribution in [0.25, 0.3) is 11.4 Å². The molecule has 2 heterocycles. The quantitative estimate of drug-likeness (QED) is 0.806. The van der Waals surface area contributed by atoms with Crippen molar-refractivity contribution in [2.45, 2.75) is 13.1 Å². The molecule has 17 heavy (non-hydrogen) atoms. The van der Waals surface area contributed by atoms with Gasteiger partial charge in [-0.25, -0.2) is 4.98 Å². The molecule has 0 atom stereocenters. The van der Waals surface area contributed by atoms with Gasteiger partial charge in [-0.1, -0.05) is 11.6 Å². The molecule has 5 heteroatoms. The molecular formula is C12H10ClN3O. The monoisotopic (exact) mass is 247 g/mol. The minimum atomic E-state index is -0.0649. The van der Waals surface area contributed by atoms with Gasteiger partial charge in [0.05, 0.1) is 11.3 Å². The highest BCUT2D eigenvalue weighted by atomic mass is 35.5. The number of aromatic amines is 1. The summed E-state index contributed by atoms with van der Waals surface area (Å²) in [6.45, 7) is 1.25. The highest BCUT2D eigenvalue weighted by molar-refractivity contribution is 6.30. The molecule has 1 aromatic heterocycles. The Kier molecular flexibility index (Phi) is 2.46. The van der Waals surface area contributed by atoms with E-state index in [1.165, 1.54) is 0 Å². The van der Waals surface area contributed by atoms with Crippen LogP contribution < -0.4 is 10.9 Å². The number of aromatic nitrogens is 2. The maximum atomic E-state index is 11.8. The van der Waals surface area contributed by atoms with Crippen molar-refractivity contribution < 1.29 is 0 Å². The van der Waals surface area contributed by atoms with E-state index in [2.05, 4.69) is 15.3 Å². The van der Waals surface area contributed by atoms with Crippen molar-refractivity contribution in [3.05, 3.63) is 50.9 Å². The SMILES string of the molecule is O=c1[nH]c(-c2ccc(Cl)cc2)nc2c1CNC2. The first kappa shape index (κ1) is 10.5. The first-order valence-corrected chi connectivity index (χ1v) is 5.70. The number of halogens is 1.